The summed E-state index contributed by atoms with van der Waals surface area (Å²) in [5.41, 5.74) is 0.340. The molecule has 0 saturated heterocycles. The molecule has 0 aliphatic heterocycles. The Morgan fingerprint density at radius 3 is 2.55 bits per heavy atom. The van der Waals surface area contributed by atoms with E-state index in [0.29, 0.717) is 20.6 Å². The number of nitrogens with zero attached hydrogens (tertiary/aromatic N) is 5. The van der Waals surface area contributed by atoms with E-state index in [1.54, 1.807) is 50.0 Å². The summed E-state index contributed by atoms with van der Waals surface area (Å²) < 4.78 is 1.64. The number of hydrogen-bond acceptors (Lipinski definition) is 8. The fraction of sp³-hybridized carbons (Fsp3) is 0.158. The monoisotopic (exact) mass is 458 g/mol. The van der Waals surface area contributed by atoms with Crippen molar-refractivity contribution < 1.29 is 14.5 Å². The number of rotatable bonds is 6. The van der Waals surface area contributed by atoms with E-state index in [2.05, 4.69) is 15.5 Å². The molecule has 0 saturated carbocycles. The van der Waals surface area contributed by atoms with E-state index >= 15 is 0 Å². The second-order valence-corrected chi connectivity index (χ2v) is 8.48. The smallest absolute Gasteiger partial charge is 0.286 e. The van der Waals surface area contributed by atoms with Crippen LogP contribution < -0.4 is 5.32 Å². The maximum absolute atomic E-state index is 12.8. The number of aryl methyl sites for hydroxylation is 1. The van der Waals surface area contributed by atoms with Crippen molar-refractivity contribution in [3.05, 3.63) is 64.5 Å². The third-order valence-corrected chi connectivity index (χ3v) is 6.22. The fourth-order valence-corrected chi connectivity index (χ4v) is 3.99. The molecule has 0 unspecified atom stereocenters. The van der Waals surface area contributed by atoms with E-state index in [4.69, 9.17) is 0 Å². The molecule has 0 aliphatic rings. The average molecular weight is 459 g/mol. The van der Waals surface area contributed by atoms with Gasteiger partial charge in [0.25, 0.3) is 16.8 Å². The zero-order valence-electron chi connectivity index (χ0n) is 16.8. The minimum absolute atomic E-state index is 0.118. The Labute approximate surface area is 186 Å². The molecule has 1 N–H and O–H groups in total. The fourth-order valence-electron chi connectivity index (χ4n) is 2.39. The van der Waals surface area contributed by atoms with Gasteiger partial charge in [-0.05, 0) is 47.8 Å². The predicted octanol–water partition coefficient (Wildman–Crippen LogP) is 3.90. The maximum Gasteiger partial charge on any atom is 0.286 e. The Balaban J connectivity index is 1.84. The maximum atomic E-state index is 12.8. The Hall–Kier alpha value is -3.38. The van der Waals surface area contributed by atoms with Crippen LogP contribution in [0.1, 0.15) is 10.4 Å². The second kappa shape index (κ2) is 9.62. The van der Waals surface area contributed by atoms with Crippen molar-refractivity contribution in [2.45, 2.75) is 14.9 Å². The van der Waals surface area contributed by atoms with Crippen molar-refractivity contribution in [2.24, 2.45) is 7.05 Å². The summed E-state index contributed by atoms with van der Waals surface area (Å²) in [4.78, 5) is 38.2. The normalized spacial score (nSPS) is 10.5. The number of benzene rings is 2. The number of para-hydroxylation sites is 1. The number of thioether (sulfide) groups is 1. The third-order valence-electron chi connectivity index (χ3n) is 3.99. The number of aromatic nitrogens is 3. The van der Waals surface area contributed by atoms with Crippen LogP contribution in [-0.2, 0) is 7.05 Å². The number of hydrogen-bond donors (Lipinski definition) is 1. The highest BCUT2D eigenvalue weighted by atomic mass is 32.2. The lowest BCUT2D eigenvalue weighted by Crippen LogP contribution is -2.17. The minimum atomic E-state index is -0.547. The van der Waals surface area contributed by atoms with Crippen LogP contribution in [0.15, 0.2) is 63.7 Å². The van der Waals surface area contributed by atoms with Crippen LogP contribution in [0.4, 0.5) is 16.2 Å². The third kappa shape index (κ3) is 5.41. The Bertz CT molecular complexity index is 1150. The van der Waals surface area contributed by atoms with Gasteiger partial charge in [0.05, 0.1) is 15.5 Å². The average Bonchev–Trinajstić information content (AvgIpc) is 3.13. The summed E-state index contributed by atoms with van der Waals surface area (Å²) in [6, 6.07) is 11.1. The molecule has 10 nitrogen and oxygen atoms in total. The SMILES string of the molecule is CN(C)C(=O)Sc1ccccc1NC(=O)c1ccc(Sc2nncn2C)c([N+](=O)[O-])c1. The van der Waals surface area contributed by atoms with Crippen LogP contribution >= 0.6 is 23.5 Å². The minimum Gasteiger partial charge on any atom is -0.339 e. The molecule has 0 spiro atoms. The quantitative estimate of drug-likeness (QED) is 0.335. The molecule has 0 atom stereocenters. The lowest BCUT2D eigenvalue weighted by Gasteiger charge is -2.13. The van der Waals surface area contributed by atoms with E-state index in [9.17, 15) is 19.7 Å². The van der Waals surface area contributed by atoms with Crippen molar-refractivity contribution in [2.75, 3.05) is 19.4 Å². The Kier molecular flexibility index (Phi) is 6.92. The molecule has 3 rings (SSSR count). The molecule has 0 bridgehead atoms. The summed E-state index contributed by atoms with van der Waals surface area (Å²) in [5.74, 6) is -0.524. The van der Waals surface area contributed by atoms with Gasteiger partial charge in [-0.2, -0.15) is 0 Å². The first-order chi connectivity index (χ1) is 14.8. The molecule has 1 heterocycles. The molecular formula is C19H18N6O4S2. The molecule has 0 aliphatic carbocycles. The van der Waals surface area contributed by atoms with Gasteiger partial charge in [-0.15, -0.1) is 10.2 Å². The topological polar surface area (TPSA) is 123 Å². The number of carbonyl (C=O) groups excluding carboxylic acids is 2. The first-order valence-corrected chi connectivity index (χ1v) is 10.5. The lowest BCUT2D eigenvalue weighted by molar-refractivity contribution is -0.387. The van der Waals surface area contributed by atoms with E-state index in [0.717, 1.165) is 23.5 Å². The molecule has 1 aromatic heterocycles. The standard InChI is InChI=1S/C19H18N6O4S2/c1-23(2)19(27)31-15-7-5-4-6-13(15)21-17(26)12-8-9-16(14(10-12)25(28)29)30-18-22-20-11-24(18)3/h4-11H,1-3H3,(H,21,26). The van der Waals surface area contributed by atoms with Gasteiger partial charge < -0.3 is 14.8 Å². The zero-order chi connectivity index (χ0) is 22.5. The molecule has 31 heavy (non-hydrogen) atoms. The summed E-state index contributed by atoms with van der Waals surface area (Å²) in [6.45, 7) is 0. The molecule has 0 radical (unpaired) electrons. The van der Waals surface area contributed by atoms with E-state index in [-0.39, 0.29) is 16.5 Å². The van der Waals surface area contributed by atoms with Crippen LogP contribution in [0.25, 0.3) is 0 Å². The summed E-state index contributed by atoms with van der Waals surface area (Å²) in [7, 11) is 5.00. The van der Waals surface area contributed by atoms with E-state index in [1.807, 2.05) is 0 Å². The molecule has 12 heteroatoms. The van der Waals surface area contributed by atoms with E-state index in [1.165, 1.54) is 29.4 Å². The Morgan fingerprint density at radius 1 is 1.16 bits per heavy atom. The van der Waals surface area contributed by atoms with E-state index < -0.39 is 10.8 Å². The molecule has 3 aromatic rings. The van der Waals surface area contributed by atoms with Gasteiger partial charge in [0.2, 0.25) is 0 Å². The van der Waals surface area contributed by atoms with Crippen LogP contribution in [0.3, 0.4) is 0 Å². The van der Waals surface area contributed by atoms with Gasteiger partial charge in [-0.3, -0.25) is 19.7 Å². The second-order valence-electron chi connectivity index (χ2n) is 6.48. The predicted molar refractivity (Wildman–Crippen MR) is 118 cm³/mol. The van der Waals surface area contributed by atoms with Gasteiger partial charge in [0.1, 0.15) is 6.33 Å². The van der Waals surface area contributed by atoms with Gasteiger partial charge in [-0.25, -0.2) is 0 Å². The van der Waals surface area contributed by atoms with Crippen LogP contribution in [0.5, 0.6) is 0 Å². The molecular weight excluding hydrogens is 440 g/mol. The van der Waals surface area contributed by atoms with Crippen molar-refractivity contribution in [1.29, 1.82) is 0 Å². The lowest BCUT2D eigenvalue weighted by atomic mass is 10.2. The van der Waals surface area contributed by atoms with Crippen LogP contribution in [0.2, 0.25) is 0 Å². The molecule has 2 aromatic carbocycles. The number of nitro groups is 1. The zero-order valence-corrected chi connectivity index (χ0v) is 18.4. The number of amides is 2. The molecule has 160 valence electrons. The van der Waals surface area contributed by atoms with Gasteiger partial charge >= 0.3 is 0 Å². The van der Waals surface area contributed by atoms with Crippen LogP contribution in [-0.4, -0.2) is 49.8 Å². The van der Waals surface area contributed by atoms with Crippen LogP contribution in [0, 0.1) is 10.1 Å². The van der Waals surface area contributed by atoms with Crippen molar-refractivity contribution in [3.63, 3.8) is 0 Å². The number of nitro benzene ring substituents is 1. The summed E-state index contributed by atoms with van der Waals surface area (Å²) >= 11 is 2.06. The molecule has 0 fully saturated rings. The van der Waals surface area contributed by atoms with Crippen molar-refractivity contribution >= 4 is 46.0 Å². The highest BCUT2D eigenvalue weighted by Crippen LogP contribution is 2.35. The van der Waals surface area contributed by atoms with Crippen molar-refractivity contribution in [1.82, 2.24) is 19.7 Å². The highest BCUT2D eigenvalue weighted by molar-refractivity contribution is 8.13. The number of carbonyl (C=O) groups is 2. The van der Waals surface area contributed by atoms with Crippen molar-refractivity contribution in [3.8, 4) is 0 Å². The first kappa shape index (κ1) is 22.3. The van der Waals surface area contributed by atoms with Gasteiger partial charge in [0, 0.05) is 37.7 Å². The summed E-state index contributed by atoms with van der Waals surface area (Å²) in [5, 5.41) is 22.3. The number of anilines is 1. The summed E-state index contributed by atoms with van der Waals surface area (Å²) in [6.07, 6.45) is 1.49. The number of nitrogens with one attached hydrogen (secondary N) is 1. The first-order valence-electron chi connectivity index (χ1n) is 8.86. The van der Waals surface area contributed by atoms with Gasteiger partial charge in [0.15, 0.2) is 5.16 Å². The Morgan fingerprint density at radius 2 is 1.90 bits per heavy atom. The largest absolute Gasteiger partial charge is 0.339 e. The van der Waals surface area contributed by atoms with Gasteiger partial charge in [-0.1, -0.05) is 12.1 Å². The molecule has 2 amide bonds. The highest BCUT2D eigenvalue weighted by Gasteiger charge is 2.21.